The van der Waals surface area contributed by atoms with Crippen molar-refractivity contribution >= 4 is 5.97 Å². The second-order valence-electron chi connectivity index (χ2n) is 4.92. The molecular weight excluding hydrogens is 233 g/mol. The Morgan fingerprint density at radius 2 is 2.17 bits per heavy atom. The zero-order valence-corrected chi connectivity index (χ0v) is 10.5. The molecule has 0 unspecified atom stereocenters. The summed E-state index contributed by atoms with van der Waals surface area (Å²) in [7, 11) is 0. The molecule has 0 atom stereocenters. The normalized spacial score (nSPS) is 15.1. The molecule has 1 aromatic carbocycles. The SMILES string of the molecule is CCN(Cc1cc(F)cc(C(=O)O)c1)CC1CC1. The van der Waals surface area contributed by atoms with Gasteiger partial charge in [-0.1, -0.05) is 6.92 Å². The molecule has 0 aromatic heterocycles. The van der Waals surface area contributed by atoms with Crippen LogP contribution in [-0.2, 0) is 6.54 Å². The molecule has 0 radical (unpaired) electrons. The van der Waals surface area contributed by atoms with E-state index in [2.05, 4.69) is 11.8 Å². The molecule has 1 aliphatic carbocycles. The molecule has 18 heavy (non-hydrogen) atoms. The van der Waals surface area contributed by atoms with E-state index in [0.29, 0.717) is 6.54 Å². The molecule has 4 heteroatoms. The van der Waals surface area contributed by atoms with Crippen LogP contribution in [0.3, 0.4) is 0 Å². The van der Waals surface area contributed by atoms with Gasteiger partial charge in [-0.15, -0.1) is 0 Å². The standard InChI is InChI=1S/C14H18FNO2/c1-2-16(8-10-3-4-10)9-11-5-12(14(17)18)7-13(15)6-11/h5-7,10H,2-4,8-9H2,1H3,(H,17,18). The van der Waals surface area contributed by atoms with Crippen molar-refractivity contribution in [2.75, 3.05) is 13.1 Å². The lowest BCUT2D eigenvalue weighted by molar-refractivity contribution is 0.0696. The lowest BCUT2D eigenvalue weighted by Crippen LogP contribution is -2.25. The van der Waals surface area contributed by atoms with E-state index in [1.54, 1.807) is 6.07 Å². The van der Waals surface area contributed by atoms with Crippen molar-refractivity contribution in [3.05, 3.63) is 35.1 Å². The maximum absolute atomic E-state index is 13.3. The van der Waals surface area contributed by atoms with Gasteiger partial charge in [0.2, 0.25) is 0 Å². The number of nitrogens with zero attached hydrogens (tertiary/aromatic N) is 1. The van der Waals surface area contributed by atoms with E-state index in [0.717, 1.165) is 30.6 Å². The molecule has 1 saturated carbocycles. The zero-order valence-electron chi connectivity index (χ0n) is 10.5. The van der Waals surface area contributed by atoms with Crippen LogP contribution in [0.25, 0.3) is 0 Å². The maximum Gasteiger partial charge on any atom is 0.335 e. The van der Waals surface area contributed by atoms with Crippen LogP contribution in [0.5, 0.6) is 0 Å². The van der Waals surface area contributed by atoms with Crippen LogP contribution >= 0.6 is 0 Å². The third-order valence-electron chi connectivity index (χ3n) is 3.27. The number of hydrogen-bond acceptors (Lipinski definition) is 2. The molecule has 0 aliphatic heterocycles. The van der Waals surface area contributed by atoms with Crippen molar-refractivity contribution < 1.29 is 14.3 Å². The molecule has 1 aliphatic rings. The zero-order chi connectivity index (χ0) is 13.1. The summed E-state index contributed by atoms with van der Waals surface area (Å²) in [5, 5.41) is 8.90. The summed E-state index contributed by atoms with van der Waals surface area (Å²) in [6.45, 7) is 4.61. The van der Waals surface area contributed by atoms with E-state index in [9.17, 15) is 9.18 Å². The quantitative estimate of drug-likeness (QED) is 0.845. The Balaban J connectivity index is 2.08. The van der Waals surface area contributed by atoms with Gasteiger partial charge in [0, 0.05) is 13.1 Å². The second kappa shape index (κ2) is 5.48. The van der Waals surface area contributed by atoms with Gasteiger partial charge in [0.25, 0.3) is 0 Å². The van der Waals surface area contributed by atoms with Crippen molar-refractivity contribution in [3.63, 3.8) is 0 Å². The number of carbonyl (C=O) groups is 1. The fourth-order valence-electron chi connectivity index (χ4n) is 2.09. The number of rotatable bonds is 6. The fourth-order valence-corrected chi connectivity index (χ4v) is 2.09. The second-order valence-corrected chi connectivity index (χ2v) is 4.92. The van der Waals surface area contributed by atoms with Crippen LogP contribution < -0.4 is 0 Å². The summed E-state index contributed by atoms with van der Waals surface area (Å²) in [5.41, 5.74) is 0.752. The number of carboxylic acid groups (broad SMARTS) is 1. The lowest BCUT2D eigenvalue weighted by atomic mass is 10.1. The van der Waals surface area contributed by atoms with E-state index in [1.165, 1.54) is 18.9 Å². The highest BCUT2D eigenvalue weighted by Gasteiger charge is 2.23. The first-order valence-electron chi connectivity index (χ1n) is 6.33. The topological polar surface area (TPSA) is 40.5 Å². The van der Waals surface area contributed by atoms with E-state index < -0.39 is 11.8 Å². The number of carboxylic acids is 1. The first-order valence-corrected chi connectivity index (χ1v) is 6.33. The van der Waals surface area contributed by atoms with Gasteiger partial charge >= 0.3 is 5.97 Å². The van der Waals surface area contributed by atoms with Crippen LogP contribution in [0.1, 0.15) is 35.7 Å². The predicted octanol–water partition coefficient (Wildman–Crippen LogP) is 2.76. The molecule has 0 saturated heterocycles. The molecule has 0 heterocycles. The molecule has 1 aromatic rings. The Kier molecular flexibility index (Phi) is 3.97. The molecule has 98 valence electrons. The van der Waals surface area contributed by atoms with Gasteiger partial charge < -0.3 is 5.11 Å². The monoisotopic (exact) mass is 251 g/mol. The minimum atomic E-state index is -1.08. The van der Waals surface area contributed by atoms with E-state index in [4.69, 9.17) is 5.11 Å². The van der Waals surface area contributed by atoms with Crippen molar-refractivity contribution in [1.82, 2.24) is 4.90 Å². The third kappa shape index (κ3) is 3.53. The van der Waals surface area contributed by atoms with Crippen molar-refractivity contribution in [2.45, 2.75) is 26.3 Å². The van der Waals surface area contributed by atoms with Gasteiger partial charge in [-0.05, 0) is 49.1 Å². The van der Waals surface area contributed by atoms with E-state index in [-0.39, 0.29) is 5.56 Å². The number of hydrogen-bond donors (Lipinski definition) is 1. The van der Waals surface area contributed by atoms with Crippen molar-refractivity contribution in [2.24, 2.45) is 5.92 Å². The summed E-state index contributed by atoms with van der Waals surface area (Å²) in [6.07, 6.45) is 2.56. The fraction of sp³-hybridized carbons (Fsp3) is 0.500. The predicted molar refractivity (Wildman–Crippen MR) is 67.0 cm³/mol. The Morgan fingerprint density at radius 1 is 1.44 bits per heavy atom. The first-order chi connectivity index (χ1) is 8.58. The Labute approximate surface area is 106 Å². The van der Waals surface area contributed by atoms with Crippen LogP contribution in [0, 0.1) is 11.7 Å². The average Bonchev–Trinajstić information content (AvgIpc) is 3.11. The molecule has 0 amide bonds. The van der Waals surface area contributed by atoms with Crippen LogP contribution in [-0.4, -0.2) is 29.1 Å². The van der Waals surface area contributed by atoms with E-state index in [1.807, 2.05) is 0 Å². The third-order valence-corrected chi connectivity index (χ3v) is 3.27. The minimum Gasteiger partial charge on any atom is -0.478 e. The molecular formula is C14H18FNO2. The maximum atomic E-state index is 13.3. The van der Waals surface area contributed by atoms with Gasteiger partial charge in [-0.2, -0.15) is 0 Å². The van der Waals surface area contributed by atoms with Crippen molar-refractivity contribution in [3.8, 4) is 0 Å². The van der Waals surface area contributed by atoms with Gasteiger partial charge in [0.15, 0.2) is 0 Å². The molecule has 0 spiro atoms. The summed E-state index contributed by atoms with van der Waals surface area (Å²) < 4.78 is 13.3. The minimum absolute atomic E-state index is 0.0208. The van der Waals surface area contributed by atoms with E-state index >= 15 is 0 Å². The smallest absolute Gasteiger partial charge is 0.335 e. The summed E-state index contributed by atoms with van der Waals surface area (Å²) >= 11 is 0. The average molecular weight is 251 g/mol. The highest BCUT2D eigenvalue weighted by molar-refractivity contribution is 5.87. The molecule has 2 rings (SSSR count). The Bertz CT molecular complexity index is 443. The first kappa shape index (κ1) is 13.0. The van der Waals surface area contributed by atoms with Crippen LogP contribution in [0.2, 0.25) is 0 Å². The van der Waals surface area contributed by atoms with Gasteiger partial charge in [0.05, 0.1) is 5.56 Å². The number of aromatic carboxylic acids is 1. The van der Waals surface area contributed by atoms with Gasteiger partial charge in [-0.25, -0.2) is 9.18 Å². The van der Waals surface area contributed by atoms with Crippen LogP contribution in [0.15, 0.2) is 18.2 Å². The Hall–Kier alpha value is -1.42. The summed E-state index contributed by atoms with van der Waals surface area (Å²) in [6, 6.07) is 4.03. The summed E-state index contributed by atoms with van der Waals surface area (Å²) in [5.74, 6) is -0.786. The molecule has 0 bridgehead atoms. The van der Waals surface area contributed by atoms with Gasteiger partial charge in [-0.3, -0.25) is 4.90 Å². The van der Waals surface area contributed by atoms with Crippen LogP contribution in [0.4, 0.5) is 4.39 Å². The lowest BCUT2D eigenvalue weighted by Gasteiger charge is -2.20. The van der Waals surface area contributed by atoms with Crippen molar-refractivity contribution in [1.29, 1.82) is 0 Å². The number of halogens is 1. The Morgan fingerprint density at radius 3 is 2.72 bits per heavy atom. The molecule has 3 nitrogen and oxygen atoms in total. The largest absolute Gasteiger partial charge is 0.478 e. The number of benzene rings is 1. The highest BCUT2D eigenvalue weighted by Crippen LogP contribution is 2.30. The summed E-state index contributed by atoms with van der Waals surface area (Å²) in [4.78, 5) is 13.1. The van der Waals surface area contributed by atoms with Gasteiger partial charge in [0.1, 0.15) is 5.82 Å². The highest BCUT2D eigenvalue weighted by atomic mass is 19.1. The molecule has 1 fully saturated rings. The molecule has 1 N–H and O–H groups in total.